The maximum atomic E-state index is 12.5. The van der Waals surface area contributed by atoms with Crippen molar-refractivity contribution in [2.75, 3.05) is 4.72 Å². The Morgan fingerprint density at radius 2 is 1.58 bits per heavy atom. The van der Waals surface area contributed by atoms with Crippen molar-refractivity contribution in [2.24, 2.45) is 0 Å². The van der Waals surface area contributed by atoms with Crippen LogP contribution in [0.2, 0.25) is 0 Å². The molecule has 6 heteroatoms. The minimum Gasteiger partial charge on any atom is -0.263 e. The van der Waals surface area contributed by atoms with Gasteiger partial charge in [-0.25, -0.2) is 18.2 Å². The minimum absolute atomic E-state index is 0.169. The Bertz CT molecular complexity index is 1050. The van der Waals surface area contributed by atoms with Crippen molar-refractivity contribution in [2.45, 2.75) is 18.2 Å². The average Bonchev–Trinajstić information content (AvgIpc) is 2.68. The zero-order valence-corrected chi connectivity index (χ0v) is 15.0. The highest BCUT2D eigenvalue weighted by atomic mass is 32.2. The van der Waals surface area contributed by atoms with Gasteiger partial charge in [-0.15, -0.1) is 0 Å². The Morgan fingerprint density at radius 1 is 0.962 bits per heavy atom. The molecule has 3 rings (SSSR count). The predicted octanol–water partition coefficient (Wildman–Crippen LogP) is 4.66. The first-order valence-electron chi connectivity index (χ1n) is 8.08. The lowest BCUT2D eigenvalue weighted by atomic mass is 10.1. The highest BCUT2D eigenvalue weighted by Crippen LogP contribution is 2.24. The van der Waals surface area contributed by atoms with Crippen LogP contribution in [-0.2, 0) is 16.4 Å². The SMILES string of the molecule is [C-]#[N+]c1ccc(-c2ccc(S(=O)(=O)Nc3cccc(CC)n3)cc2)cc1. The molecule has 130 valence electrons. The zero-order valence-electron chi connectivity index (χ0n) is 14.2. The monoisotopic (exact) mass is 363 g/mol. The number of nitrogens with one attached hydrogen (secondary N) is 1. The van der Waals surface area contributed by atoms with Gasteiger partial charge in [0.1, 0.15) is 5.82 Å². The predicted molar refractivity (Wildman–Crippen MR) is 103 cm³/mol. The second kappa shape index (κ2) is 7.38. The van der Waals surface area contributed by atoms with Crippen LogP contribution >= 0.6 is 0 Å². The number of aryl methyl sites for hydroxylation is 1. The number of aromatic nitrogens is 1. The maximum Gasteiger partial charge on any atom is 0.263 e. The van der Waals surface area contributed by atoms with Gasteiger partial charge in [-0.3, -0.25) is 4.72 Å². The Hall–Kier alpha value is -3.17. The standard InChI is InChI=1S/C20H17N3O2S/c1-3-17-5-4-6-20(22-17)23-26(24,25)19-13-9-16(10-14-19)15-7-11-18(21-2)12-8-15/h4-14H,3H2,1H3,(H,22,23). The molecule has 0 saturated carbocycles. The molecule has 0 aliphatic rings. The Morgan fingerprint density at radius 3 is 2.15 bits per heavy atom. The Labute approximate surface area is 153 Å². The van der Waals surface area contributed by atoms with Gasteiger partial charge >= 0.3 is 0 Å². The normalized spacial score (nSPS) is 10.9. The smallest absolute Gasteiger partial charge is 0.263 e. The highest BCUT2D eigenvalue weighted by Gasteiger charge is 2.15. The molecule has 2 aromatic carbocycles. The molecule has 0 aliphatic heterocycles. The molecule has 0 unspecified atom stereocenters. The largest absolute Gasteiger partial charge is 0.263 e. The number of hydrogen-bond acceptors (Lipinski definition) is 3. The molecule has 0 atom stereocenters. The molecule has 0 aliphatic carbocycles. The van der Waals surface area contributed by atoms with Gasteiger partial charge in [0.2, 0.25) is 0 Å². The van der Waals surface area contributed by atoms with Gasteiger partial charge in [-0.05, 0) is 41.8 Å². The summed E-state index contributed by atoms with van der Waals surface area (Å²) in [4.78, 5) is 7.80. The van der Waals surface area contributed by atoms with Crippen molar-refractivity contribution in [1.82, 2.24) is 4.98 Å². The van der Waals surface area contributed by atoms with E-state index in [9.17, 15) is 8.42 Å². The number of nitrogens with zero attached hydrogens (tertiary/aromatic N) is 2. The van der Waals surface area contributed by atoms with Gasteiger partial charge in [0.25, 0.3) is 10.0 Å². The minimum atomic E-state index is -3.70. The third kappa shape index (κ3) is 3.90. The lowest BCUT2D eigenvalue weighted by molar-refractivity contribution is 0.601. The van der Waals surface area contributed by atoms with Crippen molar-refractivity contribution in [3.8, 4) is 11.1 Å². The van der Waals surface area contributed by atoms with Gasteiger partial charge in [0, 0.05) is 5.69 Å². The summed E-state index contributed by atoms with van der Waals surface area (Å²) in [6.07, 6.45) is 0.733. The Kier molecular flexibility index (Phi) is 5.01. The van der Waals surface area contributed by atoms with E-state index >= 15 is 0 Å². The molecule has 26 heavy (non-hydrogen) atoms. The summed E-state index contributed by atoms with van der Waals surface area (Å²) in [5.74, 6) is 0.308. The van der Waals surface area contributed by atoms with Gasteiger partial charge in [-0.1, -0.05) is 49.4 Å². The molecule has 0 amide bonds. The van der Waals surface area contributed by atoms with Crippen LogP contribution in [-0.4, -0.2) is 13.4 Å². The fourth-order valence-electron chi connectivity index (χ4n) is 2.48. The molecule has 0 fully saturated rings. The molecule has 0 saturated heterocycles. The molecular weight excluding hydrogens is 346 g/mol. The van der Waals surface area contributed by atoms with Crippen molar-refractivity contribution in [3.05, 3.63) is 83.8 Å². The number of hydrogen-bond donors (Lipinski definition) is 1. The van der Waals surface area contributed by atoms with E-state index in [-0.39, 0.29) is 4.90 Å². The number of anilines is 1. The summed E-state index contributed by atoms with van der Waals surface area (Å²) in [6.45, 7) is 8.94. The first-order chi connectivity index (χ1) is 12.5. The van der Waals surface area contributed by atoms with E-state index in [1.54, 1.807) is 48.5 Å². The molecule has 1 aromatic heterocycles. The van der Waals surface area contributed by atoms with Crippen molar-refractivity contribution in [3.63, 3.8) is 0 Å². The highest BCUT2D eigenvalue weighted by molar-refractivity contribution is 7.92. The van der Waals surface area contributed by atoms with Crippen LogP contribution in [0.1, 0.15) is 12.6 Å². The summed E-state index contributed by atoms with van der Waals surface area (Å²) >= 11 is 0. The number of benzene rings is 2. The van der Waals surface area contributed by atoms with Crippen LogP contribution in [0.4, 0.5) is 11.5 Å². The summed E-state index contributed by atoms with van der Waals surface area (Å²) in [5, 5.41) is 0. The fraction of sp³-hybridized carbons (Fsp3) is 0.100. The van der Waals surface area contributed by atoms with E-state index in [0.717, 1.165) is 23.2 Å². The van der Waals surface area contributed by atoms with Crippen LogP contribution in [0, 0.1) is 6.57 Å². The van der Waals surface area contributed by atoms with Crippen LogP contribution < -0.4 is 4.72 Å². The summed E-state index contributed by atoms with van der Waals surface area (Å²) in [6, 6.07) is 19.0. The third-order valence-electron chi connectivity index (χ3n) is 3.90. The van der Waals surface area contributed by atoms with Crippen LogP contribution in [0.15, 0.2) is 71.6 Å². The second-order valence-corrected chi connectivity index (χ2v) is 7.34. The van der Waals surface area contributed by atoms with Crippen LogP contribution in [0.3, 0.4) is 0 Å². The molecule has 1 N–H and O–H groups in total. The Balaban J connectivity index is 1.83. The summed E-state index contributed by atoms with van der Waals surface area (Å²) < 4.78 is 27.6. The van der Waals surface area contributed by atoms with E-state index in [0.29, 0.717) is 11.5 Å². The molecule has 0 spiro atoms. The number of rotatable bonds is 5. The van der Waals surface area contributed by atoms with Gasteiger partial charge in [0.05, 0.1) is 11.5 Å². The van der Waals surface area contributed by atoms with Crippen molar-refractivity contribution < 1.29 is 8.42 Å². The van der Waals surface area contributed by atoms with E-state index in [2.05, 4.69) is 14.6 Å². The zero-order chi connectivity index (χ0) is 18.6. The molecular formula is C20H17N3O2S. The van der Waals surface area contributed by atoms with E-state index in [1.165, 1.54) is 0 Å². The number of sulfonamides is 1. The molecule has 0 bridgehead atoms. The van der Waals surface area contributed by atoms with E-state index in [1.807, 2.05) is 25.1 Å². The summed E-state index contributed by atoms with van der Waals surface area (Å²) in [5.41, 5.74) is 3.19. The molecule has 1 heterocycles. The van der Waals surface area contributed by atoms with E-state index in [4.69, 9.17) is 6.57 Å². The lowest BCUT2D eigenvalue weighted by Crippen LogP contribution is -2.14. The van der Waals surface area contributed by atoms with Crippen LogP contribution in [0.25, 0.3) is 16.0 Å². The lowest BCUT2D eigenvalue weighted by Gasteiger charge is -2.09. The molecule has 3 aromatic rings. The van der Waals surface area contributed by atoms with E-state index < -0.39 is 10.0 Å². The van der Waals surface area contributed by atoms with Crippen molar-refractivity contribution >= 4 is 21.5 Å². The van der Waals surface area contributed by atoms with Crippen molar-refractivity contribution in [1.29, 1.82) is 0 Å². The molecule has 0 radical (unpaired) electrons. The molecule has 5 nitrogen and oxygen atoms in total. The van der Waals surface area contributed by atoms with Gasteiger partial charge in [0.15, 0.2) is 5.69 Å². The topological polar surface area (TPSA) is 63.4 Å². The van der Waals surface area contributed by atoms with Gasteiger partial charge in [-0.2, -0.15) is 0 Å². The quantitative estimate of drug-likeness (QED) is 0.671. The number of pyridine rings is 1. The first kappa shape index (κ1) is 17.6. The van der Waals surface area contributed by atoms with Crippen LogP contribution in [0.5, 0.6) is 0 Å². The average molecular weight is 363 g/mol. The first-order valence-corrected chi connectivity index (χ1v) is 9.57. The summed E-state index contributed by atoms with van der Waals surface area (Å²) in [7, 11) is -3.70. The van der Waals surface area contributed by atoms with Gasteiger partial charge < -0.3 is 0 Å². The fourth-order valence-corrected chi connectivity index (χ4v) is 3.49. The second-order valence-electron chi connectivity index (χ2n) is 5.66. The third-order valence-corrected chi connectivity index (χ3v) is 5.27. The maximum absolute atomic E-state index is 12.5.